The van der Waals surface area contributed by atoms with Gasteiger partial charge in [0.15, 0.2) is 0 Å². The van der Waals surface area contributed by atoms with Crippen LogP contribution in [-0.2, 0) is 11.3 Å². The highest BCUT2D eigenvalue weighted by atomic mass is 32.2. The molecular weight excluding hydrogens is 526 g/mol. The number of nitrogens with one attached hydrogen (secondary N) is 1. The topological polar surface area (TPSA) is 52.7 Å². The third kappa shape index (κ3) is 8.82. The van der Waals surface area contributed by atoms with Gasteiger partial charge in [-0.05, 0) is 81.2 Å². The van der Waals surface area contributed by atoms with E-state index in [-0.39, 0.29) is 11.8 Å². The van der Waals surface area contributed by atoms with Crippen LogP contribution in [0.15, 0.2) is 82.6 Å². The molecule has 0 radical (unpaired) electrons. The van der Waals surface area contributed by atoms with Gasteiger partial charge in [-0.1, -0.05) is 98.6 Å². The monoisotopic (exact) mass is 569 g/mol. The van der Waals surface area contributed by atoms with Crippen LogP contribution in [0.5, 0.6) is 0 Å². The van der Waals surface area contributed by atoms with Gasteiger partial charge in [0.05, 0.1) is 17.1 Å². The molecule has 216 valence electrons. The fourth-order valence-electron chi connectivity index (χ4n) is 5.01. The number of anilines is 1. The first-order valence-electron chi connectivity index (χ1n) is 14.9. The summed E-state index contributed by atoms with van der Waals surface area (Å²) in [4.78, 5) is 33.0. The lowest BCUT2D eigenvalue weighted by Gasteiger charge is -2.31. The zero-order chi connectivity index (χ0) is 29.0. The number of fused-ring (bicyclic) bond motifs is 1. The van der Waals surface area contributed by atoms with E-state index in [0.29, 0.717) is 23.6 Å². The van der Waals surface area contributed by atoms with Crippen molar-refractivity contribution < 1.29 is 9.59 Å². The van der Waals surface area contributed by atoms with Crippen molar-refractivity contribution in [3.8, 4) is 0 Å². The third-order valence-corrected chi connectivity index (χ3v) is 8.38. The minimum atomic E-state index is -0.0972. The molecule has 4 rings (SSSR count). The molecule has 0 fully saturated rings. The smallest absolute Gasteiger partial charge is 0.265 e. The van der Waals surface area contributed by atoms with Gasteiger partial charge in [0, 0.05) is 17.0 Å². The van der Waals surface area contributed by atoms with Crippen molar-refractivity contribution in [2.24, 2.45) is 0 Å². The van der Waals surface area contributed by atoms with Crippen molar-refractivity contribution in [1.29, 1.82) is 0 Å². The molecule has 6 heteroatoms. The number of benzene rings is 3. The summed E-state index contributed by atoms with van der Waals surface area (Å²) in [5.41, 5.74) is 4.56. The van der Waals surface area contributed by atoms with E-state index < -0.39 is 0 Å². The van der Waals surface area contributed by atoms with E-state index in [0.717, 1.165) is 53.3 Å². The van der Waals surface area contributed by atoms with Crippen molar-refractivity contribution in [2.75, 3.05) is 31.1 Å². The molecule has 1 heterocycles. The summed E-state index contributed by atoms with van der Waals surface area (Å²) in [5.74, 6) is -0.148. The molecule has 3 aromatic carbocycles. The Morgan fingerprint density at radius 1 is 0.902 bits per heavy atom. The Hall–Kier alpha value is -3.35. The van der Waals surface area contributed by atoms with Crippen molar-refractivity contribution >= 4 is 35.3 Å². The summed E-state index contributed by atoms with van der Waals surface area (Å²) >= 11 is 1.47. The summed E-state index contributed by atoms with van der Waals surface area (Å²) in [7, 11) is 0. The molecule has 1 aliphatic heterocycles. The average molecular weight is 570 g/mol. The zero-order valence-electron chi connectivity index (χ0n) is 24.7. The second-order valence-electron chi connectivity index (χ2n) is 10.7. The molecule has 0 saturated heterocycles. The predicted octanol–water partition coefficient (Wildman–Crippen LogP) is 7.70. The number of unbranched alkanes of at least 4 members (excludes halogenated alkanes) is 2. The normalized spacial score (nSPS) is 14.0. The van der Waals surface area contributed by atoms with Crippen LogP contribution in [0.25, 0.3) is 6.08 Å². The minimum absolute atomic E-state index is 0.0512. The molecule has 0 unspecified atom stereocenters. The molecule has 0 atom stereocenters. The van der Waals surface area contributed by atoms with Crippen LogP contribution in [0.1, 0.15) is 73.0 Å². The van der Waals surface area contributed by atoms with Gasteiger partial charge >= 0.3 is 0 Å². The number of aryl methyl sites for hydroxylation is 1. The quantitative estimate of drug-likeness (QED) is 0.160. The van der Waals surface area contributed by atoms with Gasteiger partial charge in [-0.15, -0.1) is 0 Å². The first kappa shape index (κ1) is 30.6. The van der Waals surface area contributed by atoms with Gasteiger partial charge in [-0.25, -0.2) is 0 Å². The maximum atomic E-state index is 13.8. The van der Waals surface area contributed by atoms with E-state index in [9.17, 15) is 9.59 Å². The molecule has 3 aromatic rings. The van der Waals surface area contributed by atoms with E-state index in [1.54, 1.807) is 0 Å². The Bertz CT molecular complexity index is 1330. The lowest BCUT2D eigenvalue weighted by atomic mass is 10.1. The largest absolute Gasteiger partial charge is 0.352 e. The van der Waals surface area contributed by atoms with E-state index in [4.69, 9.17) is 0 Å². The van der Waals surface area contributed by atoms with Crippen LogP contribution in [0.3, 0.4) is 0 Å². The van der Waals surface area contributed by atoms with Crippen LogP contribution >= 0.6 is 11.8 Å². The number of hydrogen-bond donors (Lipinski definition) is 1. The third-order valence-electron chi connectivity index (χ3n) is 7.30. The maximum absolute atomic E-state index is 13.8. The van der Waals surface area contributed by atoms with E-state index >= 15 is 0 Å². The number of nitrogens with zero attached hydrogens (tertiary/aromatic N) is 2. The van der Waals surface area contributed by atoms with Crippen LogP contribution in [-0.4, -0.2) is 42.9 Å². The van der Waals surface area contributed by atoms with Gasteiger partial charge in [0.2, 0.25) is 0 Å². The Balaban J connectivity index is 1.50. The Morgan fingerprint density at radius 3 is 2.34 bits per heavy atom. The summed E-state index contributed by atoms with van der Waals surface area (Å²) in [6.07, 6.45) is 7.69. The first-order valence-corrected chi connectivity index (χ1v) is 15.8. The highest BCUT2D eigenvalue weighted by Gasteiger charge is 2.30. The number of carbonyl (C=O) groups excluding carboxylic acids is 2. The van der Waals surface area contributed by atoms with Crippen molar-refractivity contribution in [1.82, 2.24) is 10.2 Å². The number of carbonyl (C=O) groups is 2. The van der Waals surface area contributed by atoms with E-state index in [2.05, 4.69) is 43.1 Å². The van der Waals surface area contributed by atoms with E-state index in [1.807, 2.05) is 71.6 Å². The van der Waals surface area contributed by atoms with Crippen molar-refractivity contribution in [3.05, 3.63) is 100.0 Å². The molecule has 0 bridgehead atoms. The summed E-state index contributed by atoms with van der Waals surface area (Å²) in [5, 5.41) is 3.11. The molecular formula is C35H43N3O2S. The molecule has 1 aliphatic rings. The van der Waals surface area contributed by atoms with E-state index in [1.165, 1.54) is 37.4 Å². The maximum Gasteiger partial charge on any atom is 0.265 e. The molecule has 0 spiro atoms. The number of hydrogen-bond acceptors (Lipinski definition) is 4. The van der Waals surface area contributed by atoms with Gasteiger partial charge in [0.1, 0.15) is 0 Å². The number of amides is 2. The molecule has 5 nitrogen and oxygen atoms in total. The average Bonchev–Trinajstić information content (AvgIpc) is 2.98. The molecule has 1 N–H and O–H groups in total. The number of thioether (sulfide) groups is 1. The van der Waals surface area contributed by atoms with Crippen LogP contribution in [0.2, 0.25) is 0 Å². The van der Waals surface area contributed by atoms with Crippen molar-refractivity contribution in [3.63, 3.8) is 0 Å². The lowest BCUT2D eigenvalue weighted by Crippen LogP contribution is -2.34. The summed E-state index contributed by atoms with van der Waals surface area (Å²) < 4.78 is 0. The SMILES string of the molecule is CCCCN(CCCC)CCCNC(=O)c1ccc2c(c1)N(Cc1cccc(C)c1)C(=O)/C(=C\c1ccccc1)S2. The first-order chi connectivity index (χ1) is 20.0. The fourth-order valence-corrected chi connectivity index (χ4v) is 6.05. The summed E-state index contributed by atoms with van der Waals surface area (Å²) in [6, 6.07) is 23.9. The standard InChI is InChI=1S/C35H43N3O2S/c1-4-6-20-37(21-7-5-2)22-12-19-36-34(39)30-17-18-32-31(25-30)38(26-29-16-11-13-27(3)23-29)35(40)33(41-32)24-28-14-9-8-10-15-28/h8-11,13-18,23-25H,4-7,12,19-22,26H2,1-3H3,(H,36,39)/b33-24+. The van der Waals surface area contributed by atoms with Gasteiger partial charge in [-0.2, -0.15) is 0 Å². The molecule has 0 saturated carbocycles. The Labute approximate surface area is 250 Å². The van der Waals surface area contributed by atoms with Gasteiger partial charge < -0.3 is 15.1 Å². The molecule has 0 aromatic heterocycles. The Morgan fingerprint density at radius 2 is 1.63 bits per heavy atom. The molecule has 41 heavy (non-hydrogen) atoms. The number of rotatable bonds is 14. The highest BCUT2D eigenvalue weighted by molar-refractivity contribution is 8.04. The van der Waals surface area contributed by atoms with Gasteiger partial charge in [0.25, 0.3) is 11.8 Å². The minimum Gasteiger partial charge on any atom is -0.352 e. The van der Waals surface area contributed by atoms with Crippen LogP contribution in [0, 0.1) is 6.92 Å². The fraction of sp³-hybridized carbons (Fsp3) is 0.371. The predicted molar refractivity (Wildman–Crippen MR) is 172 cm³/mol. The van der Waals surface area contributed by atoms with Crippen molar-refractivity contribution in [2.45, 2.75) is 64.3 Å². The highest BCUT2D eigenvalue weighted by Crippen LogP contribution is 2.43. The molecule has 0 aliphatic carbocycles. The summed E-state index contributed by atoms with van der Waals surface area (Å²) in [6.45, 7) is 10.8. The second kappa shape index (κ2) is 15.6. The zero-order valence-corrected chi connectivity index (χ0v) is 25.5. The van der Waals surface area contributed by atoms with Gasteiger partial charge in [-0.3, -0.25) is 9.59 Å². The molecule has 2 amide bonds. The van der Waals surface area contributed by atoms with Crippen LogP contribution < -0.4 is 10.2 Å². The van der Waals surface area contributed by atoms with Crippen LogP contribution in [0.4, 0.5) is 5.69 Å². The Kier molecular flexibility index (Phi) is 11.6. The lowest BCUT2D eigenvalue weighted by molar-refractivity contribution is -0.114. The second-order valence-corrected chi connectivity index (χ2v) is 11.8.